The highest BCUT2D eigenvalue weighted by Crippen LogP contribution is 2.45. The van der Waals surface area contributed by atoms with Crippen LogP contribution in [0.25, 0.3) is 0 Å². The lowest BCUT2D eigenvalue weighted by Gasteiger charge is -2.44. The molecular weight excluding hydrogens is 222 g/mol. The van der Waals surface area contributed by atoms with Crippen LogP contribution < -0.4 is 5.32 Å². The predicted molar refractivity (Wildman–Crippen MR) is 74.6 cm³/mol. The van der Waals surface area contributed by atoms with Crippen LogP contribution in [0.3, 0.4) is 0 Å². The van der Waals surface area contributed by atoms with Gasteiger partial charge in [0, 0.05) is 17.4 Å². The molecule has 3 heteroatoms. The van der Waals surface area contributed by atoms with Gasteiger partial charge >= 0.3 is 0 Å². The minimum Gasteiger partial charge on any atom is -0.364 e. The molecule has 1 saturated heterocycles. The van der Waals surface area contributed by atoms with Crippen LogP contribution in [-0.2, 0) is 0 Å². The molecule has 1 aromatic heterocycles. The van der Waals surface area contributed by atoms with Crippen LogP contribution in [0.1, 0.15) is 50.3 Å². The van der Waals surface area contributed by atoms with E-state index in [4.69, 9.17) is 0 Å². The monoisotopic (exact) mass is 247 g/mol. The van der Waals surface area contributed by atoms with Crippen molar-refractivity contribution in [2.75, 3.05) is 20.1 Å². The van der Waals surface area contributed by atoms with Crippen molar-refractivity contribution in [2.24, 2.45) is 0 Å². The van der Waals surface area contributed by atoms with Gasteiger partial charge in [-0.15, -0.1) is 0 Å². The van der Waals surface area contributed by atoms with Crippen LogP contribution >= 0.6 is 0 Å². The summed E-state index contributed by atoms with van der Waals surface area (Å²) in [7, 11) is 2.11. The molecule has 2 fully saturated rings. The van der Waals surface area contributed by atoms with E-state index in [2.05, 4.69) is 34.4 Å². The zero-order valence-electron chi connectivity index (χ0n) is 11.4. The lowest BCUT2D eigenvalue weighted by Crippen LogP contribution is -2.53. The van der Waals surface area contributed by atoms with Gasteiger partial charge in [0.25, 0.3) is 0 Å². The Balaban J connectivity index is 1.92. The molecule has 1 saturated carbocycles. The molecule has 0 spiro atoms. The van der Waals surface area contributed by atoms with Gasteiger partial charge in [0.15, 0.2) is 0 Å². The molecule has 100 valence electrons. The maximum absolute atomic E-state index is 3.59. The first-order valence-corrected chi connectivity index (χ1v) is 7.42. The topological polar surface area (TPSA) is 31.1 Å². The normalized spacial score (nSPS) is 25.6. The summed E-state index contributed by atoms with van der Waals surface area (Å²) < 4.78 is 0. The largest absolute Gasteiger partial charge is 0.364 e. The van der Waals surface area contributed by atoms with Gasteiger partial charge in [-0.3, -0.25) is 4.90 Å². The van der Waals surface area contributed by atoms with Crippen molar-refractivity contribution in [2.45, 2.75) is 50.1 Å². The Labute approximate surface area is 110 Å². The molecule has 2 heterocycles. The smallest absolute Gasteiger partial charge is 0.0657 e. The van der Waals surface area contributed by atoms with Gasteiger partial charge in [0.2, 0.25) is 0 Å². The number of likely N-dealkylation sites (N-methyl/N-ethyl adjacent to an activating group) is 1. The number of rotatable bonds is 4. The van der Waals surface area contributed by atoms with Crippen LogP contribution in [0.5, 0.6) is 0 Å². The van der Waals surface area contributed by atoms with E-state index in [-0.39, 0.29) is 0 Å². The van der Waals surface area contributed by atoms with E-state index in [1.165, 1.54) is 57.3 Å². The van der Waals surface area contributed by atoms with Crippen LogP contribution in [0.15, 0.2) is 18.3 Å². The Morgan fingerprint density at radius 2 is 1.94 bits per heavy atom. The van der Waals surface area contributed by atoms with Crippen molar-refractivity contribution in [3.63, 3.8) is 0 Å². The van der Waals surface area contributed by atoms with Gasteiger partial charge in [-0.2, -0.15) is 0 Å². The fourth-order valence-electron chi connectivity index (χ4n) is 4.17. The molecule has 1 aliphatic carbocycles. The van der Waals surface area contributed by atoms with Crippen molar-refractivity contribution >= 4 is 0 Å². The molecule has 1 aromatic rings. The van der Waals surface area contributed by atoms with Crippen molar-refractivity contribution < 1.29 is 0 Å². The lowest BCUT2D eigenvalue weighted by molar-refractivity contribution is 0.0782. The fraction of sp³-hybridized carbons (Fsp3) is 0.733. The Bertz CT molecular complexity index is 359. The maximum atomic E-state index is 3.59. The highest BCUT2D eigenvalue weighted by Gasteiger charge is 2.46. The molecule has 1 unspecified atom stereocenters. The first kappa shape index (κ1) is 12.2. The Morgan fingerprint density at radius 3 is 2.50 bits per heavy atom. The number of nitrogens with one attached hydrogen (secondary N) is 2. The third-order valence-electron chi connectivity index (χ3n) is 4.96. The SMILES string of the molecule is CNC(c1ccc[nH]1)C1(N2CCCC2)CCCC1. The third-order valence-corrected chi connectivity index (χ3v) is 4.96. The van der Waals surface area contributed by atoms with Crippen LogP contribution in [0.4, 0.5) is 0 Å². The molecule has 2 N–H and O–H groups in total. The molecule has 0 bridgehead atoms. The number of hydrogen-bond acceptors (Lipinski definition) is 2. The highest BCUT2D eigenvalue weighted by atomic mass is 15.2. The average Bonchev–Trinajstić information content (AvgIpc) is 3.14. The third kappa shape index (κ3) is 1.90. The summed E-state index contributed by atoms with van der Waals surface area (Å²) in [6.45, 7) is 2.58. The number of nitrogens with zero attached hydrogens (tertiary/aromatic N) is 1. The molecular formula is C15H25N3. The van der Waals surface area contributed by atoms with Gasteiger partial charge in [-0.25, -0.2) is 0 Å². The van der Waals surface area contributed by atoms with Crippen molar-refractivity contribution in [3.8, 4) is 0 Å². The first-order chi connectivity index (χ1) is 8.87. The second-order valence-electron chi connectivity index (χ2n) is 5.85. The average molecular weight is 247 g/mol. The first-order valence-electron chi connectivity index (χ1n) is 7.42. The van der Waals surface area contributed by atoms with Gasteiger partial charge in [-0.1, -0.05) is 12.8 Å². The van der Waals surface area contributed by atoms with Gasteiger partial charge in [0.1, 0.15) is 0 Å². The quantitative estimate of drug-likeness (QED) is 0.857. The zero-order valence-corrected chi connectivity index (χ0v) is 11.4. The molecule has 1 atom stereocenters. The standard InChI is InChI=1S/C15H25N3/c1-16-14(13-7-6-10-17-13)15(8-2-3-9-15)18-11-4-5-12-18/h6-7,10,14,16-17H,2-5,8-9,11-12H2,1H3. The number of aromatic nitrogens is 1. The molecule has 2 aliphatic rings. The van der Waals surface area contributed by atoms with Crippen LogP contribution in [0.2, 0.25) is 0 Å². The number of hydrogen-bond donors (Lipinski definition) is 2. The predicted octanol–water partition coefficient (Wildman–Crippen LogP) is 2.68. The number of likely N-dealkylation sites (tertiary alicyclic amines) is 1. The summed E-state index contributed by atoms with van der Waals surface area (Å²) in [5.74, 6) is 0. The van der Waals surface area contributed by atoms with Gasteiger partial charge < -0.3 is 10.3 Å². The summed E-state index contributed by atoms with van der Waals surface area (Å²) in [4.78, 5) is 6.19. The second-order valence-corrected chi connectivity index (χ2v) is 5.85. The van der Waals surface area contributed by atoms with E-state index < -0.39 is 0 Å². The summed E-state index contributed by atoms with van der Waals surface area (Å²) in [5.41, 5.74) is 1.71. The van der Waals surface area contributed by atoms with E-state index >= 15 is 0 Å². The second kappa shape index (κ2) is 5.06. The Morgan fingerprint density at radius 1 is 1.22 bits per heavy atom. The van der Waals surface area contributed by atoms with Crippen LogP contribution in [-0.4, -0.2) is 35.6 Å². The molecule has 3 rings (SSSR count). The summed E-state index contributed by atoms with van der Waals surface area (Å²) in [6.07, 6.45) is 10.3. The van der Waals surface area contributed by atoms with Crippen LogP contribution in [0, 0.1) is 0 Å². The molecule has 3 nitrogen and oxygen atoms in total. The van der Waals surface area contributed by atoms with E-state index in [9.17, 15) is 0 Å². The zero-order chi connectivity index (χ0) is 12.4. The number of aromatic amines is 1. The molecule has 0 radical (unpaired) electrons. The van der Waals surface area contributed by atoms with E-state index in [1.807, 2.05) is 6.20 Å². The van der Waals surface area contributed by atoms with Gasteiger partial charge in [-0.05, 0) is 58.0 Å². The molecule has 0 aromatic carbocycles. The molecule has 18 heavy (non-hydrogen) atoms. The van der Waals surface area contributed by atoms with Crippen molar-refractivity contribution in [3.05, 3.63) is 24.0 Å². The molecule has 1 aliphatic heterocycles. The van der Waals surface area contributed by atoms with Gasteiger partial charge in [0.05, 0.1) is 6.04 Å². The fourth-order valence-corrected chi connectivity index (χ4v) is 4.17. The minimum atomic E-state index is 0.357. The minimum absolute atomic E-state index is 0.357. The Hall–Kier alpha value is -0.800. The van der Waals surface area contributed by atoms with E-state index in [0.29, 0.717) is 11.6 Å². The van der Waals surface area contributed by atoms with Crippen molar-refractivity contribution in [1.82, 2.24) is 15.2 Å². The molecule has 0 amide bonds. The lowest BCUT2D eigenvalue weighted by atomic mass is 9.84. The highest BCUT2D eigenvalue weighted by molar-refractivity contribution is 5.18. The summed E-state index contributed by atoms with van der Waals surface area (Å²) >= 11 is 0. The number of H-pyrrole nitrogens is 1. The van der Waals surface area contributed by atoms with E-state index in [0.717, 1.165) is 0 Å². The van der Waals surface area contributed by atoms with E-state index in [1.54, 1.807) is 0 Å². The Kier molecular flexibility index (Phi) is 3.44. The maximum Gasteiger partial charge on any atom is 0.0657 e. The summed E-state index contributed by atoms with van der Waals surface area (Å²) in [6, 6.07) is 4.80. The summed E-state index contributed by atoms with van der Waals surface area (Å²) in [5, 5.41) is 3.59. The van der Waals surface area contributed by atoms with Crippen molar-refractivity contribution in [1.29, 1.82) is 0 Å².